The van der Waals surface area contributed by atoms with Gasteiger partial charge < -0.3 is 14.8 Å². The zero-order valence-electron chi connectivity index (χ0n) is 19.1. The van der Waals surface area contributed by atoms with Crippen LogP contribution >= 0.6 is 22.7 Å². The molecule has 5 rings (SSSR count). The summed E-state index contributed by atoms with van der Waals surface area (Å²) in [6.45, 7) is 0.685. The van der Waals surface area contributed by atoms with E-state index in [4.69, 9.17) is 9.47 Å². The minimum Gasteiger partial charge on any atom is -0.456 e. The number of anilines is 1. The number of rotatable bonds is 5. The molecule has 0 bridgehead atoms. The molecule has 1 atom stereocenters. The van der Waals surface area contributed by atoms with Crippen LogP contribution in [0.3, 0.4) is 0 Å². The van der Waals surface area contributed by atoms with Crippen LogP contribution < -0.4 is 10.6 Å². The monoisotopic (exact) mass is 528 g/mol. The van der Waals surface area contributed by atoms with Gasteiger partial charge in [-0.05, 0) is 68.1 Å². The molecule has 2 aliphatic carbocycles. The predicted molar refractivity (Wildman–Crippen MR) is 127 cm³/mol. The average molecular weight is 529 g/mol. The van der Waals surface area contributed by atoms with Crippen molar-refractivity contribution in [2.75, 3.05) is 18.5 Å². The van der Waals surface area contributed by atoms with E-state index in [1.165, 1.54) is 11.3 Å². The highest BCUT2D eigenvalue weighted by Gasteiger charge is 2.38. The Morgan fingerprint density at radius 2 is 1.69 bits per heavy atom. The van der Waals surface area contributed by atoms with E-state index in [1.807, 2.05) is 0 Å². The Morgan fingerprint density at radius 3 is 2.37 bits per heavy atom. The molecule has 0 radical (unpaired) electrons. The van der Waals surface area contributed by atoms with Crippen molar-refractivity contribution in [1.29, 1.82) is 0 Å². The molecule has 0 aromatic carbocycles. The Balaban J connectivity index is 1.33. The molecule has 190 valence electrons. The van der Waals surface area contributed by atoms with Gasteiger partial charge in [-0.25, -0.2) is 9.59 Å². The number of hydrogen-bond acceptors (Lipinski definition) is 6. The van der Waals surface area contributed by atoms with Gasteiger partial charge in [0.25, 0.3) is 0 Å². The highest BCUT2D eigenvalue weighted by Crippen LogP contribution is 2.43. The van der Waals surface area contributed by atoms with Crippen molar-refractivity contribution in [3.05, 3.63) is 36.9 Å². The predicted octanol–water partition coefficient (Wildman–Crippen LogP) is 5.85. The summed E-state index contributed by atoms with van der Waals surface area (Å²) in [5, 5.41) is 5.73. The van der Waals surface area contributed by atoms with Gasteiger partial charge in [-0.2, -0.15) is 13.2 Å². The van der Waals surface area contributed by atoms with Gasteiger partial charge >= 0.3 is 18.2 Å². The first-order valence-electron chi connectivity index (χ1n) is 12.0. The van der Waals surface area contributed by atoms with Gasteiger partial charge in [0.05, 0.1) is 18.8 Å². The third-order valence-electron chi connectivity index (χ3n) is 6.73. The number of urea groups is 1. The number of alkyl halides is 3. The number of hydrogen-bond donors (Lipinski definition) is 2. The van der Waals surface area contributed by atoms with E-state index in [0.717, 1.165) is 70.7 Å². The van der Waals surface area contributed by atoms with E-state index >= 15 is 0 Å². The van der Waals surface area contributed by atoms with Crippen LogP contribution in [0.25, 0.3) is 0 Å². The molecule has 3 aliphatic rings. The van der Waals surface area contributed by atoms with Crippen molar-refractivity contribution in [3.63, 3.8) is 0 Å². The smallest absolute Gasteiger partial charge is 0.425 e. The molecular formula is C24H27F3N2O4S2. The first-order valence-corrected chi connectivity index (χ1v) is 13.6. The van der Waals surface area contributed by atoms with Crippen molar-refractivity contribution in [2.45, 2.75) is 76.6 Å². The zero-order chi connectivity index (χ0) is 24.6. The molecule has 2 N–H and O–H groups in total. The summed E-state index contributed by atoms with van der Waals surface area (Å²) < 4.78 is 51.9. The van der Waals surface area contributed by atoms with Gasteiger partial charge in [-0.15, -0.1) is 22.7 Å². The zero-order valence-corrected chi connectivity index (χ0v) is 20.8. The number of halogens is 3. The largest absolute Gasteiger partial charge is 0.456 e. The molecule has 0 spiro atoms. The molecule has 6 nitrogen and oxygen atoms in total. The van der Waals surface area contributed by atoms with Gasteiger partial charge in [-0.3, -0.25) is 5.32 Å². The minimum atomic E-state index is -4.46. The number of fused-ring (bicyclic) bond motifs is 2. The van der Waals surface area contributed by atoms with Crippen LogP contribution in [0.15, 0.2) is 0 Å². The number of nitrogens with one attached hydrogen (secondary N) is 2. The topological polar surface area (TPSA) is 76.7 Å². The maximum absolute atomic E-state index is 13.7. The third kappa shape index (κ3) is 5.22. The Bertz CT molecular complexity index is 1120. The van der Waals surface area contributed by atoms with Crippen molar-refractivity contribution >= 4 is 39.7 Å². The van der Waals surface area contributed by atoms with Gasteiger partial charge in [0.15, 0.2) is 0 Å². The molecule has 35 heavy (non-hydrogen) atoms. The lowest BCUT2D eigenvalue weighted by atomic mass is 9.94. The fourth-order valence-electron chi connectivity index (χ4n) is 5.05. The van der Waals surface area contributed by atoms with Crippen molar-refractivity contribution in [1.82, 2.24) is 5.32 Å². The maximum Gasteiger partial charge on any atom is 0.425 e. The Kier molecular flexibility index (Phi) is 7.09. The molecular weight excluding hydrogens is 501 g/mol. The molecule has 1 saturated heterocycles. The molecule has 1 unspecified atom stereocenters. The summed E-state index contributed by atoms with van der Waals surface area (Å²) >= 11 is 2.15. The van der Waals surface area contributed by atoms with E-state index in [1.54, 1.807) is 0 Å². The number of carbonyl (C=O) groups is 2. The van der Waals surface area contributed by atoms with E-state index < -0.39 is 23.1 Å². The second kappa shape index (κ2) is 10.1. The molecule has 1 fully saturated rings. The molecule has 1 aliphatic heterocycles. The van der Waals surface area contributed by atoms with Gasteiger partial charge in [0.2, 0.25) is 0 Å². The van der Waals surface area contributed by atoms with Crippen molar-refractivity contribution < 1.29 is 32.2 Å². The molecule has 2 aromatic heterocycles. The number of carbonyl (C=O) groups excluding carboxylic acids is 2. The summed E-state index contributed by atoms with van der Waals surface area (Å²) in [4.78, 5) is 27.0. The van der Waals surface area contributed by atoms with Crippen molar-refractivity contribution in [2.24, 2.45) is 0 Å². The fraction of sp³-hybridized carbons (Fsp3) is 0.583. The van der Waals surface area contributed by atoms with E-state index in [2.05, 4.69) is 10.6 Å². The Labute approximate surface area is 209 Å². The quantitative estimate of drug-likeness (QED) is 0.477. The summed E-state index contributed by atoms with van der Waals surface area (Å²) in [6, 6.07) is -0.634. The summed E-state index contributed by atoms with van der Waals surface area (Å²) in [7, 11) is 0. The van der Waals surface area contributed by atoms with Crippen LogP contribution in [-0.4, -0.2) is 31.3 Å². The second-order valence-electron chi connectivity index (χ2n) is 9.13. The second-order valence-corrected chi connectivity index (χ2v) is 11.3. The summed E-state index contributed by atoms with van der Waals surface area (Å²) in [5.41, 5.74) is 2.17. The normalized spacial score (nSPS) is 19.7. The highest BCUT2D eigenvalue weighted by atomic mass is 32.1. The molecule has 2 aromatic rings. The average Bonchev–Trinajstić information content (AvgIpc) is 3.54. The van der Waals surface area contributed by atoms with Crippen LogP contribution in [0.4, 0.5) is 23.0 Å². The lowest BCUT2D eigenvalue weighted by Gasteiger charge is -2.16. The van der Waals surface area contributed by atoms with Crippen LogP contribution in [0.5, 0.6) is 0 Å². The van der Waals surface area contributed by atoms with E-state index in [0.29, 0.717) is 43.0 Å². The van der Waals surface area contributed by atoms with Crippen LogP contribution in [-0.2, 0) is 47.9 Å². The minimum absolute atomic E-state index is 0.165. The third-order valence-corrected chi connectivity index (χ3v) is 9.31. The molecule has 11 heteroatoms. The summed E-state index contributed by atoms with van der Waals surface area (Å²) in [6.07, 6.45) is 2.35. The lowest BCUT2D eigenvalue weighted by Crippen LogP contribution is -2.30. The number of ether oxygens (including phenoxy) is 2. The molecule has 2 amide bonds. The number of amides is 2. The highest BCUT2D eigenvalue weighted by molar-refractivity contribution is 7.17. The number of thiophene rings is 2. The first kappa shape index (κ1) is 24.6. The Hall–Kier alpha value is -2.11. The van der Waals surface area contributed by atoms with E-state index in [-0.39, 0.29) is 18.2 Å². The van der Waals surface area contributed by atoms with Crippen LogP contribution in [0.2, 0.25) is 0 Å². The number of aryl methyl sites for hydroxylation is 2. The maximum atomic E-state index is 13.7. The Morgan fingerprint density at radius 1 is 1.00 bits per heavy atom. The number of esters is 1. The van der Waals surface area contributed by atoms with Crippen LogP contribution in [0, 0.1) is 0 Å². The summed E-state index contributed by atoms with van der Waals surface area (Å²) in [5.74, 6) is -0.485. The lowest BCUT2D eigenvalue weighted by molar-refractivity contribution is -0.135. The van der Waals surface area contributed by atoms with Crippen molar-refractivity contribution in [3.8, 4) is 0 Å². The van der Waals surface area contributed by atoms with Crippen LogP contribution in [0.1, 0.15) is 73.8 Å². The standard InChI is InChI=1S/C24H27F3N2O4S2/c25-24(26,27)20-16(14-5-1-3-7-17(14)34-20)11-28-23(31)29-21-19(15-6-2-4-8-18(15)35-21)22(30)33-13-9-10-32-12-13/h13H,1-12H2,(H2,28,29,31). The first-order chi connectivity index (χ1) is 16.8. The van der Waals surface area contributed by atoms with Gasteiger partial charge in [0, 0.05) is 22.7 Å². The van der Waals surface area contributed by atoms with Gasteiger partial charge in [-0.1, -0.05) is 0 Å². The van der Waals surface area contributed by atoms with E-state index in [9.17, 15) is 22.8 Å². The fourth-order valence-corrected chi connectivity index (χ4v) is 7.60. The molecule has 3 heterocycles. The molecule has 0 saturated carbocycles. The van der Waals surface area contributed by atoms with Gasteiger partial charge in [0.1, 0.15) is 16.0 Å². The SMILES string of the molecule is O=C(NCc1c(C(F)(F)F)sc2c1CCCC2)Nc1sc2c(c1C(=O)OC1CCOC1)CCCC2.